The summed E-state index contributed by atoms with van der Waals surface area (Å²) in [4.78, 5) is 1.79. The molecule has 2 aromatic rings. The van der Waals surface area contributed by atoms with Crippen LogP contribution in [0.15, 0.2) is 43.2 Å². The van der Waals surface area contributed by atoms with Crippen molar-refractivity contribution in [2.75, 3.05) is 7.05 Å². The molecule has 0 unspecified atom stereocenters. The van der Waals surface area contributed by atoms with E-state index in [1.54, 1.807) is 0 Å². The van der Waals surface area contributed by atoms with Crippen molar-refractivity contribution in [3.05, 3.63) is 18.2 Å². The lowest BCUT2D eigenvalue weighted by Crippen LogP contribution is -2.03. The van der Waals surface area contributed by atoms with Crippen LogP contribution in [0.3, 0.4) is 0 Å². The molecule has 0 bridgehead atoms. The van der Waals surface area contributed by atoms with E-state index < -0.39 is 41.5 Å². The van der Waals surface area contributed by atoms with Crippen molar-refractivity contribution in [2.24, 2.45) is 15.2 Å². The van der Waals surface area contributed by atoms with E-state index in [1.165, 1.54) is 13.1 Å². The second kappa shape index (κ2) is 5.90. The van der Waals surface area contributed by atoms with E-state index in [0.717, 1.165) is 12.1 Å². The maximum absolute atomic E-state index is 11.6. The Morgan fingerprint density at radius 3 is 2.12 bits per heavy atom. The average Bonchev–Trinajstić information content (AvgIpc) is 2.46. The van der Waals surface area contributed by atoms with Gasteiger partial charge in [-0.3, -0.25) is 14.1 Å². The Hall–Kier alpha value is -2.41. The summed E-state index contributed by atoms with van der Waals surface area (Å²) in [5.41, 5.74) is -0.844. The molecule has 12 heteroatoms. The van der Waals surface area contributed by atoms with Crippen molar-refractivity contribution >= 4 is 49.1 Å². The van der Waals surface area contributed by atoms with Crippen LogP contribution in [0.4, 0.5) is 11.4 Å². The van der Waals surface area contributed by atoms with Gasteiger partial charge in [0.1, 0.15) is 15.5 Å². The molecule has 0 spiro atoms. The number of aliphatic imine (C=N–C) groups is 1. The van der Waals surface area contributed by atoms with Crippen molar-refractivity contribution < 1.29 is 31.0 Å². The zero-order valence-corrected chi connectivity index (χ0v) is 13.7. The summed E-state index contributed by atoms with van der Waals surface area (Å²) in [6.45, 7) is 3.16. The number of phenolic OH excluding ortho intramolecular Hbond substituents is 1. The van der Waals surface area contributed by atoms with Crippen molar-refractivity contribution in [1.82, 2.24) is 0 Å². The topological polar surface area (TPSA) is 166 Å². The van der Waals surface area contributed by atoms with Gasteiger partial charge in [0, 0.05) is 17.8 Å². The molecule has 128 valence electrons. The van der Waals surface area contributed by atoms with Crippen LogP contribution in [0.1, 0.15) is 0 Å². The van der Waals surface area contributed by atoms with Crippen LogP contribution in [-0.4, -0.2) is 44.8 Å². The van der Waals surface area contributed by atoms with Crippen molar-refractivity contribution in [2.45, 2.75) is 9.79 Å². The van der Waals surface area contributed by atoms with E-state index in [9.17, 15) is 31.0 Å². The summed E-state index contributed by atoms with van der Waals surface area (Å²) in [5.74, 6) is -0.744. The standard InChI is InChI=1S/C12H11N3O7S2/c1-13-8-4-3-6-7(12(8)24(20,21)22)5-9(23(17,18)19)10(11(6)16)15-14-2/h3-5,16H,1H2,2H3,(H,17,18,19)(H,20,21,22). The smallest absolute Gasteiger partial charge is 0.297 e. The summed E-state index contributed by atoms with van der Waals surface area (Å²) in [6.07, 6.45) is 0. The number of benzene rings is 2. The quantitative estimate of drug-likeness (QED) is 0.419. The van der Waals surface area contributed by atoms with Crippen LogP contribution in [0.5, 0.6) is 5.75 Å². The van der Waals surface area contributed by atoms with Gasteiger partial charge < -0.3 is 5.11 Å². The van der Waals surface area contributed by atoms with Gasteiger partial charge in [-0.15, -0.1) is 0 Å². The molecule has 0 heterocycles. The van der Waals surface area contributed by atoms with E-state index in [4.69, 9.17) is 0 Å². The summed E-state index contributed by atoms with van der Waals surface area (Å²) in [5, 5.41) is 16.5. The van der Waals surface area contributed by atoms with E-state index in [0.29, 0.717) is 0 Å². The number of hydrogen-bond donors (Lipinski definition) is 3. The predicted molar refractivity (Wildman–Crippen MR) is 84.9 cm³/mol. The molecule has 24 heavy (non-hydrogen) atoms. The first-order valence-corrected chi connectivity index (χ1v) is 8.94. The van der Waals surface area contributed by atoms with Gasteiger partial charge in [0.25, 0.3) is 20.2 Å². The molecule has 2 rings (SSSR count). The lowest BCUT2D eigenvalue weighted by Gasteiger charge is -2.12. The zero-order chi connectivity index (χ0) is 18.3. The lowest BCUT2D eigenvalue weighted by molar-refractivity contribution is 0.471. The third-order valence-corrected chi connectivity index (χ3v) is 4.88. The monoisotopic (exact) mass is 373 g/mol. The molecule has 0 saturated heterocycles. The third-order valence-electron chi connectivity index (χ3n) is 3.07. The molecule has 0 aromatic heterocycles. The van der Waals surface area contributed by atoms with Crippen LogP contribution < -0.4 is 0 Å². The van der Waals surface area contributed by atoms with Gasteiger partial charge in [-0.05, 0) is 24.9 Å². The second-order valence-electron chi connectivity index (χ2n) is 4.49. The first kappa shape index (κ1) is 17.9. The van der Waals surface area contributed by atoms with Crippen LogP contribution in [-0.2, 0) is 20.2 Å². The van der Waals surface area contributed by atoms with E-state index in [1.807, 2.05) is 0 Å². The normalized spacial score (nSPS) is 12.8. The Morgan fingerprint density at radius 1 is 1.04 bits per heavy atom. The summed E-state index contributed by atoms with van der Waals surface area (Å²) in [6, 6.07) is 3.12. The van der Waals surface area contributed by atoms with Gasteiger partial charge in [-0.25, -0.2) is 0 Å². The van der Waals surface area contributed by atoms with Gasteiger partial charge in [0.05, 0.1) is 5.69 Å². The largest absolute Gasteiger partial charge is 0.505 e. The molecule has 0 amide bonds. The zero-order valence-electron chi connectivity index (χ0n) is 12.1. The van der Waals surface area contributed by atoms with E-state index in [-0.39, 0.29) is 16.5 Å². The van der Waals surface area contributed by atoms with E-state index >= 15 is 0 Å². The maximum Gasteiger partial charge on any atom is 0.297 e. The molecular formula is C12H11N3O7S2. The Bertz CT molecular complexity index is 1090. The van der Waals surface area contributed by atoms with Crippen molar-refractivity contribution in [1.29, 1.82) is 0 Å². The molecule has 2 aromatic carbocycles. The minimum Gasteiger partial charge on any atom is -0.505 e. The highest BCUT2D eigenvalue weighted by Crippen LogP contribution is 2.44. The molecule has 0 atom stereocenters. The highest BCUT2D eigenvalue weighted by atomic mass is 32.2. The summed E-state index contributed by atoms with van der Waals surface area (Å²) < 4.78 is 65.1. The minimum absolute atomic E-state index is 0.148. The van der Waals surface area contributed by atoms with Crippen molar-refractivity contribution in [3.8, 4) is 5.75 Å². The Morgan fingerprint density at radius 2 is 1.67 bits per heavy atom. The van der Waals surface area contributed by atoms with Crippen LogP contribution in [0.2, 0.25) is 0 Å². The number of rotatable bonds is 4. The lowest BCUT2D eigenvalue weighted by atomic mass is 10.1. The van der Waals surface area contributed by atoms with Crippen molar-refractivity contribution in [3.63, 3.8) is 0 Å². The number of fused-ring (bicyclic) bond motifs is 1. The maximum atomic E-state index is 11.6. The van der Waals surface area contributed by atoms with E-state index in [2.05, 4.69) is 21.9 Å². The molecule has 0 fully saturated rings. The molecule has 0 aliphatic carbocycles. The van der Waals surface area contributed by atoms with Gasteiger partial charge in [0.2, 0.25) is 0 Å². The SMILES string of the molecule is C=Nc1ccc2c(O)c(N=NC)c(S(=O)(=O)O)cc2c1S(=O)(=O)O. The molecule has 0 saturated carbocycles. The van der Waals surface area contributed by atoms with Gasteiger partial charge in [-0.2, -0.15) is 27.1 Å². The minimum atomic E-state index is -4.89. The number of azo groups is 1. The Balaban J connectivity index is 3.21. The molecule has 3 N–H and O–H groups in total. The number of phenols is 1. The fraction of sp³-hybridized carbons (Fsp3) is 0.0833. The summed E-state index contributed by atoms with van der Waals surface area (Å²) in [7, 11) is -8.54. The molecular weight excluding hydrogens is 362 g/mol. The first-order chi connectivity index (χ1) is 11.0. The van der Waals surface area contributed by atoms with Gasteiger partial charge >= 0.3 is 0 Å². The second-order valence-corrected chi connectivity index (χ2v) is 7.24. The Kier molecular flexibility index (Phi) is 4.41. The number of hydrogen-bond acceptors (Lipinski definition) is 8. The third kappa shape index (κ3) is 2.99. The number of aromatic hydroxyl groups is 1. The molecule has 0 aliphatic rings. The Labute approximate surface area is 136 Å². The predicted octanol–water partition coefficient (Wildman–Crippen LogP) is 2.08. The molecule has 0 aliphatic heterocycles. The fourth-order valence-corrected chi connectivity index (χ4v) is 3.66. The fourth-order valence-electron chi connectivity index (χ4n) is 2.17. The van der Waals surface area contributed by atoms with Crippen LogP contribution >= 0.6 is 0 Å². The highest BCUT2D eigenvalue weighted by Gasteiger charge is 2.27. The highest BCUT2D eigenvalue weighted by molar-refractivity contribution is 7.86. The van der Waals surface area contributed by atoms with Crippen LogP contribution in [0, 0.1) is 0 Å². The number of nitrogens with zero attached hydrogens (tertiary/aromatic N) is 3. The van der Waals surface area contributed by atoms with Gasteiger partial charge in [0.15, 0.2) is 5.75 Å². The first-order valence-electron chi connectivity index (χ1n) is 6.06. The molecule has 0 radical (unpaired) electrons. The van der Waals surface area contributed by atoms with Gasteiger partial charge in [-0.1, -0.05) is 0 Å². The summed E-state index contributed by atoms with van der Waals surface area (Å²) >= 11 is 0. The van der Waals surface area contributed by atoms with Crippen LogP contribution in [0.25, 0.3) is 10.8 Å². The average molecular weight is 373 g/mol. The molecule has 10 nitrogen and oxygen atoms in total.